The number of nitrogen functional groups attached to an aromatic ring is 1. The van der Waals surface area contributed by atoms with Gasteiger partial charge in [-0.1, -0.05) is 32.3 Å². The standard InChI is InChI=1S/C18H23NO4/c1-3-5-6-7-8-14-13-10-9-12(17(20)22-4-2)11-15(13)23-18(21)16(14)19/h9-11H,3-8,19H2,1-2H3. The molecule has 1 aromatic heterocycles. The molecule has 0 bridgehead atoms. The first-order chi connectivity index (χ1) is 11.1. The van der Waals surface area contributed by atoms with Crippen molar-refractivity contribution in [2.24, 2.45) is 0 Å². The number of carbonyl (C=O) groups excluding carboxylic acids is 1. The minimum atomic E-state index is -0.552. The molecule has 0 unspecified atom stereocenters. The molecule has 0 amide bonds. The van der Waals surface area contributed by atoms with Crippen LogP contribution in [-0.2, 0) is 11.2 Å². The van der Waals surface area contributed by atoms with Crippen molar-refractivity contribution in [3.8, 4) is 0 Å². The van der Waals surface area contributed by atoms with E-state index in [-0.39, 0.29) is 5.69 Å². The Morgan fingerprint density at radius 3 is 2.70 bits per heavy atom. The van der Waals surface area contributed by atoms with Crippen LogP contribution in [0.2, 0.25) is 0 Å². The summed E-state index contributed by atoms with van der Waals surface area (Å²) in [5.74, 6) is -0.432. The molecule has 124 valence electrons. The van der Waals surface area contributed by atoms with Gasteiger partial charge in [-0.05, 0) is 37.5 Å². The molecule has 2 rings (SSSR count). The molecule has 23 heavy (non-hydrogen) atoms. The highest BCUT2D eigenvalue weighted by Gasteiger charge is 2.14. The van der Waals surface area contributed by atoms with Crippen LogP contribution in [0.5, 0.6) is 0 Å². The summed E-state index contributed by atoms with van der Waals surface area (Å²) >= 11 is 0. The lowest BCUT2D eigenvalue weighted by atomic mass is 10.0. The highest BCUT2D eigenvalue weighted by Crippen LogP contribution is 2.25. The highest BCUT2D eigenvalue weighted by atomic mass is 16.5. The Labute approximate surface area is 135 Å². The Morgan fingerprint density at radius 1 is 1.22 bits per heavy atom. The van der Waals surface area contributed by atoms with Crippen LogP contribution in [-0.4, -0.2) is 12.6 Å². The summed E-state index contributed by atoms with van der Waals surface area (Å²) in [7, 11) is 0. The van der Waals surface area contributed by atoms with Crippen LogP contribution < -0.4 is 11.4 Å². The van der Waals surface area contributed by atoms with Gasteiger partial charge in [-0.2, -0.15) is 0 Å². The predicted molar refractivity (Wildman–Crippen MR) is 90.7 cm³/mol. The lowest BCUT2D eigenvalue weighted by Crippen LogP contribution is -2.11. The Bertz CT molecular complexity index is 749. The number of rotatable bonds is 7. The van der Waals surface area contributed by atoms with Gasteiger partial charge in [-0.25, -0.2) is 9.59 Å². The fourth-order valence-corrected chi connectivity index (χ4v) is 2.62. The number of nitrogens with two attached hydrogens (primary N) is 1. The monoisotopic (exact) mass is 317 g/mol. The van der Waals surface area contributed by atoms with E-state index in [4.69, 9.17) is 14.9 Å². The summed E-state index contributed by atoms with van der Waals surface area (Å²) in [6.45, 7) is 4.19. The lowest BCUT2D eigenvalue weighted by Gasteiger charge is -2.09. The maximum Gasteiger partial charge on any atom is 0.359 e. The molecule has 5 nitrogen and oxygen atoms in total. The third-order valence-corrected chi connectivity index (χ3v) is 3.85. The van der Waals surface area contributed by atoms with Crippen LogP contribution in [0.4, 0.5) is 5.69 Å². The van der Waals surface area contributed by atoms with Gasteiger partial charge in [-0.15, -0.1) is 0 Å². The number of carbonyl (C=O) groups is 1. The van der Waals surface area contributed by atoms with E-state index in [1.165, 1.54) is 0 Å². The largest absolute Gasteiger partial charge is 0.462 e. The van der Waals surface area contributed by atoms with Crippen molar-refractivity contribution in [1.29, 1.82) is 0 Å². The molecule has 0 aliphatic rings. The second kappa shape index (κ2) is 7.81. The number of aryl methyl sites for hydroxylation is 1. The molecular weight excluding hydrogens is 294 g/mol. The molecule has 5 heteroatoms. The van der Waals surface area contributed by atoms with Crippen molar-refractivity contribution in [3.05, 3.63) is 39.7 Å². The molecule has 0 fully saturated rings. The maximum atomic E-state index is 11.9. The minimum Gasteiger partial charge on any atom is -0.462 e. The molecule has 2 aromatic rings. The summed E-state index contributed by atoms with van der Waals surface area (Å²) in [6, 6.07) is 5.00. The number of ether oxygens (including phenoxy) is 1. The van der Waals surface area contributed by atoms with Gasteiger partial charge in [0.25, 0.3) is 0 Å². The number of benzene rings is 1. The second-order valence-corrected chi connectivity index (χ2v) is 5.52. The second-order valence-electron chi connectivity index (χ2n) is 5.52. The van der Waals surface area contributed by atoms with Crippen molar-refractivity contribution in [2.75, 3.05) is 12.3 Å². The molecular formula is C18H23NO4. The van der Waals surface area contributed by atoms with E-state index in [0.29, 0.717) is 17.8 Å². The maximum absolute atomic E-state index is 11.9. The summed E-state index contributed by atoms with van der Waals surface area (Å²) in [4.78, 5) is 23.7. The van der Waals surface area contributed by atoms with E-state index < -0.39 is 11.6 Å². The summed E-state index contributed by atoms with van der Waals surface area (Å²) in [5.41, 5.74) is 7.07. The van der Waals surface area contributed by atoms with Gasteiger partial charge in [-0.3, -0.25) is 0 Å². The number of anilines is 1. The van der Waals surface area contributed by atoms with Crippen molar-refractivity contribution in [1.82, 2.24) is 0 Å². The Morgan fingerprint density at radius 2 is 2.00 bits per heavy atom. The summed E-state index contributed by atoms with van der Waals surface area (Å²) in [6.07, 6.45) is 5.10. The Hall–Kier alpha value is -2.30. The van der Waals surface area contributed by atoms with Crippen molar-refractivity contribution >= 4 is 22.6 Å². The van der Waals surface area contributed by atoms with Gasteiger partial charge in [0, 0.05) is 5.39 Å². The molecule has 0 saturated heterocycles. The number of hydrogen-bond acceptors (Lipinski definition) is 5. The number of hydrogen-bond donors (Lipinski definition) is 1. The van der Waals surface area contributed by atoms with E-state index >= 15 is 0 Å². The first-order valence-corrected chi connectivity index (χ1v) is 8.10. The van der Waals surface area contributed by atoms with Crippen LogP contribution in [0.15, 0.2) is 27.4 Å². The Balaban J connectivity index is 2.39. The van der Waals surface area contributed by atoms with E-state index in [1.54, 1.807) is 25.1 Å². The zero-order valence-electron chi connectivity index (χ0n) is 13.7. The molecule has 0 aliphatic carbocycles. The van der Waals surface area contributed by atoms with Crippen molar-refractivity contribution in [3.63, 3.8) is 0 Å². The van der Waals surface area contributed by atoms with E-state index in [0.717, 1.165) is 43.1 Å². The molecule has 2 N–H and O–H groups in total. The van der Waals surface area contributed by atoms with Crippen molar-refractivity contribution < 1.29 is 13.9 Å². The summed E-state index contributed by atoms with van der Waals surface area (Å²) < 4.78 is 10.2. The molecule has 0 radical (unpaired) electrons. The minimum absolute atomic E-state index is 0.165. The predicted octanol–water partition coefficient (Wildman–Crippen LogP) is 3.67. The molecule has 0 aliphatic heterocycles. The Kier molecular flexibility index (Phi) is 5.79. The highest BCUT2D eigenvalue weighted by molar-refractivity contribution is 5.95. The summed E-state index contributed by atoms with van der Waals surface area (Å²) in [5, 5.41) is 0.784. The molecule has 1 aromatic carbocycles. The third kappa shape index (κ3) is 3.92. The van der Waals surface area contributed by atoms with Crippen LogP contribution in [0.25, 0.3) is 11.0 Å². The molecule has 1 heterocycles. The zero-order chi connectivity index (χ0) is 16.8. The fourth-order valence-electron chi connectivity index (χ4n) is 2.62. The first-order valence-electron chi connectivity index (χ1n) is 8.10. The average molecular weight is 317 g/mol. The van der Waals surface area contributed by atoms with Gasteiger partial charge in [0.2, 0.25) is 0 Å². The van der Waals surface area contributed by atoms with E-state index in [9.17, 15) is 9.59 Å². The number of fused-ring (bicyclic) bond motifs is 1. The van der Waals surface area contributed by atoms with Gasteiger partial charge in [0.15, 0.2) is 0 Å². The van der Waals surface area contributed by atoms with Crippen LogP contribution in [0.1, 0.15) is 55.5 Å². The van der Waals surface area contributed by atoms with Gasteiger partial charge in [0.1, 0.15) is 11.3 Å². The van der Waals surface area contributed by atoms with E-state index in [2.05, 4.69) is 6.92 Å². The molecule has 0 saturated carbocycles. The molecule has 0 atom stereocenters. The van der Waals surface area contributed by atoms with Crippen LogP contribution >= 0.6 is 0 Å². The van der Waals surface area contributed by atoms with Crippen molar-refractivity contribution in [2.45, 2.75) is 46.0 Å². The third-order valence-electron chi connectivity index (χ3n) is 3.85. The topological polar surface area (TPSA) is 82.5 Å². The lowest BCUT2D eigenvalue weighted by molar-refractivity contribution is 0.0526. The fraction of sp³-hybridized carbons (Fsp3) is 0.444. The SMILES string of the molecule is CCCCCCc1c(N)c(=O)oc2cc(C(=O)OCC)ccc12. The number of esters is 1. The number of unbranched alkanes of at least 4 members (excludes halogenated alkanes) is 3. The van der Waals surface area contributed by atoms with Gasteiger partial charge in [0.05, 0.1) is 12.2 Å². The normalized spacial score (nSPS) is 10.9. The van der Waals surface area contributed by atoms with Crippen LogP contribution in [0.3, 0.4) is 0 Å². The smallest absolute Gasteiger partial charge is 0.359 e. The first kappa shape index (κ1) is 17.1. The van der Waals surface area contributed by atoms with E-state index in [1.807, 2.05) is 0 Å². The van der Waals surface area contributed by atoms with Gasteiger partial charge >= 0.3 is 11.6 Å². The molecule has 0 spiro atoms. The zero-order valence-corrected chi connectivity index (χ0v) is 13.7. The van der Waals surface area contributed by atoms with Gasteiger partial charge < -0.3 is 14.9 Å². The average Bonchev–Trinajstić information content (AvgIpc) is 2.54. The van der Waals surface area contributed by atoms with Crippen LogP contribution in [0, 0.1) is 0 Å². The quantitative estimate of drug-likeness (QED) is 0.478.